The highest BCUT2D eigenvalue weighted by atomic mass is 79.9. The van der Waals surface area contributed by atoms with E-state index in [2.05, 4.69) is 31.2 Å². The third-order valence-corrected chi connectivity index (χ3v) is 3.97. The first-order chi connectivity index (χ1) is 10.1. The summed E-state index contributed by atoms with van der Waals surface area (Å²) in [6.45, 7) is 2.09. The molecule has 21 heavy (non-hydrogen) atoms. The van der Waals surface area contributed by atoms with Gasteiger partial charge >= 0.3 is 5.97 Å². The predicted octanol–water partition coefficient (Wildman–Crippen LogP) is 3.78. The van der Waals surface area contributed by atoms with Crippen molar-refractivity contribution in [1.82, 2.24) is 9.97 Å². The summed E-state index contributed by atoms with van der Waals surface area (Å²) in [5.41, 5.74) is 0.700. The SMILES string of the molecule is CCOC(=O)C(Br)=Cc1cnc(Cl)nc1NC1CCCC1. The van der Waals surface area contributed by atoms with Crippen molar-refractivity contribution < 1.29 is 9.53 Å². The van der Waals surface area contributed by atoms with E-state index in [0.29, 0.717) is 28.5 Å². The first kappa shape index (κ1) is 16.2. The van der Waals surface area contributed by atoms with Gasteiger partial charge in [0.25, 0.3) is 0 Å². The Morgan fingerprint density at radius 1 is 1.57 bits per heavy atom. The summed E-state index contributed by atoms with van der Waals surface area (Å²) >= 11 is 9.08. The van der Waals surface area contributed by atoms with E-state index in [1.54, 1.807) is 19.2 Å². The molecule has 0 amide bonds. The molecule has 2 rings (SSSR count). The van der Waals surface area contributed by atoms with Crippen molar-refractivity contribution >= 4 is 45.4 Å². The lowest BCUT2D eigenvalue weighted by atomic mass is 10.2. The quantitative estimate of drug-likeness (QED) is 0.483. The lowest BCUT2D eigenvalue weighted by molar-refractivity contribution is -0.137. The lowest BCUT2D eigenvalue weighted by Crippen LogP contribution is -2.16. The summed E-state index contributed by atoms with van der Waals surface area (Å²) in [5, 5.41) is 3.55. The maximum atomic E-state index is 11.6. The van der Waals surface area contributed by atoms with Gasteiger partial charge in [0.05, 0.1) is 6.61 Å². The number of nitrogens with one attached hydrogen (secondary N) is 1. The van der Waals surface area contributed by atoms with E-state index >= 15 is 0 Å². The lowest BCUT2D eigenvalue weighted by Gasteiger charge is -2.14. The fourth-order valence-corrected chi connectivity index (χ4v) is 2.74. The van der Waals surface area contributed by atoms with Crippen LogP contribution in [0, 0.1) is 0 Å². The second-order valence-corrected chi connectivity index (χ2v) is 5.97. The number of anilines is 1. The van der Waals surface area contributed by atoms with Crippen LogP contribution in [-0.4, -0.2) is 28.6 Å². The molecule has 0 aliphatic heterocycles. The van der Waals surface area contributed by atoms with E-state index < -0.39 is 5.97 Å². The Hall–Kier alpha value is -1.14. The minimum absolute atomic E-state index is 0.180. The number of carbonyl (C=O) groups excluding carboxylic acids is 1. The van der Waals surface area contributed by atoms with Gasteiger partial charge in [0.1, 0.15) is 10.3 Å². The van der Waals surface area contributed by atoms with E-state index in [9.17, 15) is 4.79 Å². The molecule has 1 aliphatic carbocycles. The Morgan fingerprint density at radius 3 is 2.95 bits per heavy atom. The van der Waals surface area contributed by atoms with Crippen LogP contribution >= 0.6 is 27.5 Å². The summed E-state index contributed by atoms with van der Waals surface area (Å²) in [6, 6.07) is 0.393. The number of halogens is 2. The maximum Gasteiger partial charge on any atom is 0.345 e. The van der Waals surface area contributed by atoms with Gasteiger partial charge in [0.2, 0.25) is 5.28 Å². The molecule has 1 aliphatic rings. The van der Waals surface area contributed by atoms with Gasteiger partial charge in [-0.1, -0.05) is 12.8 Å². The molecule has 7 heteroatoms. The summed E-state index contributed by atoms with van der Waals surface area (Å²) < 4.78 is 5.26. The fourth-order valence-electron chi connectivity index (χ4n) is 2.25. The molecular formula is C14H17BrClN3O2. The van der Waals surface area contributed by atoms with Crippen LogP contribution in [0.25, 0.3) is 6.08 Å². The standard InChI is InChI=1S/C14H17BrClN3O2/c1-2-21-13(20)11(15)7-9-8-17-14(16)19-12(9)18-10-5-3-4-6-10/h7-8,10H,2-6H2,1H3,(H,17,18,19). The normalized spacial score (nSPS) is 16.0. The average molecular weight is 375 g/mol. The summed E-state index contributed by atoms with van der Waals surface area (Å²) in [4.78, 5) is 19.8. The molecule has 1 fully saturated rings. The van der Waals surface area contributed by atoms with E-state index in [1.165, 1.54) is 12.8 Å². The molecule has 0 radical (unpaired) electrons. The van der Waals surface area contributed by atoms with Crippen molar-refractivity contribution in [3.05, 3.63) is 21.5 Å². The zero-order chi connectivity index (χ0) is 15.2. The molecule has 1 N–H and O–H groups in total. The topological polar surface area (TPSA) is 64.1 Å². The molecule has 0 spiro atoms. The zero-order valence-electron chi connectivity index (χ0n) is 11.7. The highest BCUT2D eigenvalue weighted by Crippen LogP contribution is 2.25. The largest absolute Gasteiger partial charge is 0.462 e. The average Bonchev–Trinajstić information content (AvgIpc) is 2.95. The van der Waals surface area contributed by atoms with Crippen LogP contribution in [0.1, 0.15) is 38.2 Å². The van der Waals surface area contributed by atoms with Crippen LogP contribution in [-0.2, 0) is 9.53 Å². The van der Waals surface area contributed by atoms with Crippen molar-refractivity contribution in [1.29, 1.82) is 0 Å². The Morgan fingerprint density at radius 2 is 2.29 bits per heavy atom. The third-order valence-electron chi connectivity index (χ3n) is 3.24. The van der Waals surface area contributed by atoms with Gasteiger partial charge in [-0.05, 0) is 53.4 Å². The van der Waals surface area contributed by atoms with Gasteiger partial charge in [0, 0.05) is 17.8 Å². The van der Waals surface area contributed by atoms with Crippen LogP contribution < -0.4 is 5.32 Å². The molecule has 1 aromatic rings. The van der Waals surface area contributed by atoms with Gasteiger partial charge in [0.15, 0.2) is 0 Å². The van der Waals surface area contributed by atoms with Crippen molar-refractivity contribution in [2.24, 2.45) is 0 Å². The highest BCUT2D eigenvalue weighted by molar-refractivity contribution is 9.12. The monoisotopic (exact) mass is 373 g/mol. The number of carbonyl (C=O) groups is 1. The molecule has 0 saturated heterocycles. The molecule has 0 bridgehead atoms. The smallest absolute Gasteiger partial charge is 0.345 e. The minimum atomic E-state index is -0.417. The van der Waals surface area contributed by atoms with Crippen LogP contribution in [0.5, 0.6) is 0 Å². The maximum absolute atomic E-state index is 11.6. The Balaban J connectivity index is 2.21. The van der Waals surface area contributed by atoms with Crippen molar-refractivity contribution in [2.45, 2.75) is 38.6 Å². The molecule has 0 atom stereocenters. The molecule has 114 valence electrons. The third kappa shape index (κ3) is 4.68. The van der Waals surface area contributed by atoms with E-state index in [-0.39, 0.29) is 5.28 Å². The molecule has 5 nitrogen and oxygen atoms in total. The summed E-state index contributed by atoms with van der Waals surface area (Å²) in [7, 11) is 0. The highest BCUT2D eigenvalue weighted by Gasteiger charge is 2.17. The van der Waals surface area contributed by atoms with Crippen LogP contribution in [0.15, 0.2) is 10.7 Å². The molecule has 1 heterocycles. The summed E-state index contributed by atoms with van der Waals surface area (Å²) in [5.74, 6) is 0.224. The number of ether oxygens (including phenoxy) is 1. The van der Waals surface area contributed by atoms with Crippen molar-refractivity contribution in [3.8, 4) is 0 Å². The second-order valence-electron chi connectivity index (χ2n) is 4.78. The first-order valence-corrected chi connectivity index (χ1v) is 8.10. The van der Waals surface area contributed by atoms with Gasteiger partial charge in [-0.2, -0.15) is 0 Å². The Kier molecular flexibility index (Phi) is 5.99. The number of aromatic nitrogens is 2. The van der Waals surface area contributed by atoms with Crippen LogP contribution in [0.3, 0.4) is 0 Å². The van der Waals surface area contributed by atoms with E-state index in [4.69, 9.17) is 16.3 Å². The van der Waals surface area contributed by atoms with Gasteiger partial charge in [-0.3, -0.25) is 0 Å². The molecular weight excluding hydrogens is 358 g/mol. The van der Waals surface area contributed by atoms with Crippen molar-refractivity contribution in [3.63, 3.8) is 0 Å². The van der Waals surface area contributed by atoms with Crippen LogP contribution in [0.2, 0.25) is 5.28 Å². The zero-order valence-corrected chi connectivity index (χ0v) is 14.1. The predicted molar refractivity (Wildman–Crippen MR) is 86.5 cm³/mol. The number of hydrogen-bond donors (Lipinski definition) is 1. The number of esters is 1. The molecule has 1 aromatic heterocycles. The fraction of sp³-hybridized carbons (Fsp3) is 0.500. The number of nitrogens with zero attached hydrogens (tertiary/aromatic N) is 2. The van der Waals surface area contributed by atoms with Crippen LogP contribution in [0.4, 0.5) is 5.82 Å². The molecule has 1 saturated carbocycles. The Labute approximate surface area is 137 Å². The van der Waals surface area contributed by atoms with Gasteiger partial charge in [-0.15, -0.1) is 0 Å². The van der Waals surface area contributed by atoms with E-state index in [1.807, 2.05) is 0 Å². The molecule has 0 unspecified atom stereocenters. The Bertz CT molecular complexity index is 545. The minimum Gasteiger partial charge on any atom is -0.462 e. The second kappa shape index (κ2) is 7.75. The number of hydrogen-bond acceptors (Lipinski definition) is 5. The van der Waals surface area contributed by atoms with Gasteiger partial charge < -0.3 is 10.1 Å². The first-order valence-electron chi connectivity index (χ1n) is 6.93. The number of rotatable bonds is 5. The summed E-state index contributed by atoms with van der Waals surface area (Å²) in [6.07, 6.45) is 7.90. The van der Waals surface area contributed by atoms with Crippen molar-refractivity contribution in [2.75, 3.05) is 11.9 Å². The van der Waals surface area contributed by atoms with Gasteiger partial charge in [-0.25, -0.2) is 14.8 Å². The molecule has 0 aromatic carbocycles. The van der Waals surface area contributed by atoms with E-state index in [0.717, 1.165) is 12.8 Å².